The number of aromatic nitrogens is 1. The molecule has 4 N–H and O–H groups in total. The number of carbonyl (C=O) groups excluding carboxylic acids is 3. The molecule has 1 atom stereocenters. The SMILES string of the molecule is N#C[C@@H]1CC(F)(F)CN1C(=O)CNC(=O)c1ccnc2ccc(OCCCN3CCN(C(=S)Nc4ccc5c(c4)C(=O)OC54c5ccc(O)cc5Oc5cc(O)ccc54)CC3)cc12. The molecule has 0 aliphatic carbocycles. The van der Waals surface area contributed by atoms with Crippen LogP contribution in [0.2, 0.25) is 0 Å². The first-order valence-corrected chi connectivity index (χ1v) is 20.6. The van der Waals surface area contributed by atoms with Crippen molar-refractivity contribution in [1.82, 2.24) is 25.0 Å². The number of hydrogen-bond donors (Lipinski definition) is 4. The first kappa shape index (κ1) is 41.3. The van der Waals surface area contributed by atoms with E-state index >= 15 is 0 Å². The number of halogens is 2. The molecule has 63 heavy (non-hydrogen) atoms. The van der Waals surface area contributed by atoms with Gasteiger partial charge in [0.05, 0.1) is 42.4 Å². The molecule has 0 bridgehead atoms. The van der Waals surface area contributed by atoms with Crippen molar-refractivity contribution in [1.29, 1.82) is 5.26 Å². The maximum Gasteiger partial charge on any atom is 0.340 e. The summed E-state index contributed by atoms with van der Waals surface area (Å²) in [4.78, 5) is 48.8. The molecule has 5 aromatic rings. The van der Waals surface area contributed by atoms with Crippen LogP contribution in [0.3, 0.4) is 0 Å². The number of nitriles is 1. The lowest BCUT2D eigenvalue weighted by Gasteiger charge is -2.36. The van der Waals surface area contributed by atoms with E-state index in [1.807, 2.05) is 12.1 Å². The Morgan fingerprint density at radius 1 is 0.952 bits per heavy atom. The Morgan fingerprint density at radius 3 is 2.38 bits per heavy atom. The van der Waals surface area contributed by atoms with Crippen molar-refractivity contribution in [2.45, 2.75) is 30.4 Å². The number of benzene rings is 4. The maximum absolute atomic E-state index is 13.8. The number of aromatic hydroxyl groups is 2. The van der Waals surface area contributed by atoms with Crippen LogP contribution in [0.15, 0.2) is 85.1 Å². The molecule has 1 spiro atoms. The molecule has 1 aromatic heterocycles. The molecular formula is C45H39F2N7O8S. The number of hydrogen-bond acceptors (Lipinski definition) is 12. The summed E-state index contributed by atoms with van der Waals surface area (Å²) in [5.41, 5.74) is 2.03. The quantitative estimate of drug-likeness (QED) is 0.0827. The smallest absolute Gasteiger partial charge is 0.340 e. The molecule has 18 heteroatoms. The van der Waals surface area contributed by atoms with E-state index in [1.54, 1.807) is 42.5 Å². The number of ether oxygens (including phenoxy) is 3. The lowest BCUT2D eigenvalue weighted by atomic mass is 9.77. The lowest BCUT2D eigenvalue weighted by molar-refractivity contribution is -0.131. The Kier molecular flexibility index (Phi) is 10.7. The molecule has 15 nitrogen and oxygen atoms in total. The number of amides is 2. The molecule has 5 heterocycles. The summed E-state index contributed by atoms with van der Waals surface area (Å²) in [7, 11) is 0. The van der Waals surface area contributed by atoms with Crippen molar-refractivity contribution in [3.8, 4) is 34.8 Å². The summed E-state index contributed by atoms with van der Waals surface area (Å²) in [6.45, 7) is 2.63. The van der Waals surface area contributed by atoms with Gasteiger partial charge in [-0.1, -0.05) is 6.07 Å². The number of anilines is 1. The minimum atomic E-state index is -3.16. The standard InChI is InChI=1S/C45H39F2N7O8S/c46-44(47)22-27(23-48)54(25-44)40(57)24-50-41(58)31-10-11-49-37-9-5-30(21-32(31)37)60-17-1-12-52-13-15-53(16-14-52)43(63)51-26-2-6-34-33(18-26)42(59)62-45(34)35-7-3-28(55)19-38(35)61-39-20-29(56)4-8-36(39)45/h2-11,18-21,27,55-56H,1,12-17,22,24-25H2,(H,50,58)(H,51,63)/t27-/m0/s1. The zero-order valence-electron chi connectivity index (χ0n) is 33.5. The number of piperazine rings is 1. The Morgan fingerprint density at radius 2 is 1.67 bits per heavy atom. The van der Waals surface area contributed by atoms with E-state index in [9.17, 15) is 38.6 Å². The number of pyridine rings is 1. The zero-order valence-corrected chi connectivity index (χ0v) is 34.3. The van der Waals surface area contributed by atoms with Gasteiger partial charge in [0.1, 0.15) is 34.8 Å². The average Bonchev–Trinajstić information content (AvgIpc) is 3.75. The first-order chi connectivity index (χ1) is 30.3. The highest BCUT2D eigenvalue weighted by Gasteiger charge is 2.54. The largest absolute Gasteiger partial charge is 0.508 e. The molecule has 2 amide bonds. The van der Waals surface area contributed by atoms with Crippen LogP contribution in [0.5, 0.6) is 28.7 Å². The third kappa shape index (κ3) is 7.85. The number of phenolic OH excluding ortho intramolecular Hbond substituents is 2. The summed E-state index contributed by atoms with van der Waals surface area (Å²) >= 11 is 5.80. The van der Waals surface area contributed by atoms with Crippen LogP contribution < -0.4 is 20.1 Å². The molecule has 0 saturated carbocycles. The number of fused-ring (bicyclic) bond motifs is 7. The molecule has 4 aliphatic rings. The average molecular weight is 876 g/mol. The number of phenols is 2. The number of alkyl halides is 2. The number of nitrogens with one attached hydrogen (secondary N) is 2. The summed E-state index contributed by atoms with van der Waals surface area (Å²) in [6, 6.07) is 21.7. The van der Waals surface area contributed by atoms with Gasteiger partial charge in [-0.3, -0.25) is 19.5 Å². The summed E-state index contributed by atoms with van der Waals surface area (Å²) in [5.74, 6) is -3.98. The Hall–Kier alpha value is -7.10. The molecule has 9 rings (SSSR count). The summed E-state index contributed by atoms with van der Waals surface area (Å²) in [5, 5.41) is 36.4. The van der Waals surface area contributed by atoms with Gasteiger partial charge in [0.25, 0.3) is 11.8 Å². The fraction of sp³-hybridized carbons (Fsp3) is 0.289. The Labute approximate surface area is 364 Å². The molecule has 0 unspecified atom stereocenters. The molecule has 4 aromatic carbocycles. The second-order valence-corrected chi connectivity index (χ2v) is 16.1. The number of carbonyl (C=O) groups is 3. The number of esters is 1. The van der Waals surface area contributed by atoms with Gasteiger partial charge in [-0.2, -0.15) is 5.26 Å². The highest BCUT2D eigenvalue weighted by molar-refractivity contribution is 7.80. The molecule has 2 fully saturated rings. The number of nitrogens with zero attached hydrogens (tertiary/aromatic N) is 5. The van der Waals surface area contributed by atoms with E-state index in [0.717, 1.165) is 31.0 Å². The maximum atomic E-state index is 13.8. The minimum Gasteiger partial charge on any atom is -0.508 e. The highest BCUT2D eigenvalue weighted by Crippen LogP contribution is 2.57. The second-order valence-electron chi connectivity index (χ2n) is 15.7. The molecular weight excluding hydrogens is 837 g/mol. The van der Waals surface area contributed by atoms with Crippen LogP contribution in [0.1, 0.15) is 50.2 Å². The molecule has 0 radical (unpaired) electrons. The number of thiocarbonyl (C=S) groups is 1. The van der Waals surface area contributed by atoms with Crippen molar-refractivity contribution in [3.05, 3.63) is 113 Å². The van der Waals surface area contributed by atoms with Crippen LogP contribution in [-0.4, -0.2) is 117 Å². The third-order valence-corrected chi connectivity index (χ3v) is 12.0. The van der Waals surface area contributed by atoms with Crippen LogP contribution in [-0.2, 0) is 15.1 Å². The van der Waals surface area contributed by atoms with E-state index in [0.29, 0.717) is 80.9 Å². The summed E-state index contributed by atoms with van der Waals surface area (Å²) in [6.07, 6.45) is 1.45. The van der Waals surface area contributed by atoms with E-state index in [2.05, 4.69) is 25.4 Å². The minimum absolute atomic E-state index is 0.0243. The number of rotatable bonds is 9. The van der Waals surface area contributed by atoms with Crippen LogP contribution >= 0.6 is 12.2 Å². The van der Waals surface area contributed by atoms with E-state index in [-0.39, 0.29) is 17.1 Å². The molecule has 2 saturated heterocycles. The molecule has 322 valence electrons. The van der Waals surface area contributed by atoms with Gasteiger partial charge in [0.15, 0.2) is 10.7 Å². The third-order valence-electron chi connectivity index (χ3n) is 11.7. The van der Waals surface area contributed by atoms with Gasteiger partial charge < -0.3 is 44.9 Å². The topological polar surface area (TPSA) is 190 Å². The fourth-order valence-corrected chi connectivity index (χ4v) is 8.90. The number of likely N-dealkylation sites (tertiary alicyclic amines) is 1. The zero-order chi connectivity index (χ0) is 44.0. The van der Waals surface area contributed by atoms with Gasteiger partial charge in [0.2, 0.25) is 5.91 Å². The van der Waals surface area contributed by atoms with Crippen molar-refractivity contribution in [3.63, 3.8) is 0 Å². The second kappa shape index (κ2) is 16.3. The normalized spacial score (nSPS) is 18.1. The first-order valence-electron chi connectivity index (χ1n) is 20.2. The van der Waals surface area contributed by atoms with Crippen molar-refractivity contribution in [2.75, 3.05) is 57.7 Å². The van der Waals surface area contributed by atoms with Crippen molar-refractivity contribution >= 4 is 51.7 Å². The van der Waals surface area contributed by atoms with E-state index in [1.165, 1.54) is 36.5 Å². The van der Waals surface area contributed by atoms with Crippen LogP contribution in [0.25, 0.3) is 10.9 Å². The van der Waals surface area contributed by atoms with Gasteiger partial charge in [-0.05, 0) is 79.3 Å². The predicted octanol–water partition coefficient (Wildman–Crippen LogP) is 5.49. The van der Waals surface area contributed by atoms with Gasteiger partial charge >= 0.3 is 5.97 Å². The predicted molar refractivity (Wildman–Crippen MR) is 227 cm³/mol. The molecule has 4 aliphatic heterocycles. The Bertz CT molecular complexity index is 2690. The van der Waals surface area contributed by atoms with Crippen molar-refractivity contribution < 1.29 is 47.6 Å². The van der Waals surface area contributed by atoms with Crippen molar-refractivity contribution in [2.24, 2.45) is 0 Å². The van der Waals surface area contributed by atoms with Gasteiger partial charge in [-0.15, -0.1) is 0 Å². The Balaban J connectivity index is 0.768. The monoisotopic (exact) mass is 875 g/mol. The van der Waals surface area contributed by atoms with E-state index in [4.69, 9.17) is 26.4 Å². The van der Waals surface area contributed by atoms with Gasteiger partial charge in [0, 0.05) is 85.2 Å². The summed E-state index contributed by atoms with van der Waals surface area (Å²) < 4.78 is 45.9. The van der Waals surface area contributed by atoms with Gasteiger partial charge in [-0.25, -0.2) is 13.6 Å². The van der Waals surface area contributed by atoms with E-state index < -0.39 is 54.9 Å². The highest BCUT2D eigenvalue weighted by atomic mass is 32.1. The lowest BCUT2D eigenvalue weighted by Crippen LogP contribution is -2.50. The van der Waals surface area contributed by atoms with Crippen LogP contribution in [0, 0.1) is 11.3 Å². The fourth-order valence-electron chi connectivity index (χ4n) is 8.60. The van der Waals surface area contributed by atoms with Crippen LogP contribution in [0.4, 0.5) is 14.5 Å².